The minimum atomic E-state index is 0.0794. The highest BCUT2D eigenvalue weighted by Crippen LogP contribution is 2.33. The average Bonchev–Trinajstić information content (AvgIpc) is 3.33. The molecule has 3 atom stereocenters. The highest BCUT2D eigenvalue weighted by atomic mass is 16.5. The molecule has 25 heavy (non-hydrogen) atoms. The number of piperidine rings is 1. The lowest BCUT2D eigenvalue weighted by atomic mass is 9.88. The van der Waals surface area contributed by atoms with Crippen LogP contribution in [-0.2, 0) is 16.1 Å². The number of fused-ring (bicyclic) bond motifs is 1. The maximum Gasteiger partial charge on any atom is 0.227 e. The number of hydrogen-bond acceptors (Lipinski definition) is 4. The molecule has 136 valence electrons. The largest absolute Gasteiger partial charge is 0.497 e. The van der Waals surface area contributed by atoms with E-state index in [2.05, 4.69) is 21.9 Å². The molecule has 3 saturated heterocycles. The number of ether oxygens (including phenoxy) is 2. The number of benzene rings is 1. The van der Waals surface area contributed by atoms with Crippen LogP contribution in [0.5, 0.6) is 5.75 Å². The fraction of sp³-hybridized carbons (Fsp3) is 0.650. The van der Waals surface area contributed by atoms with Gasteiger partial charge in [-0.25, -0.2) is 0 Å². The SMILES string of the molecule is COc1ccc(CN2C[C@H](C(=O)N3CCCC3)C[C@@H]3OCC[C@@H]32)cc1. The van der Waals surface area contributed by atoms with Gasteiger partial charge in [0.25, 0.3) is 0 Å². The molecule has 0 aromatic heterocycles. The predicted octanol–water partition coefficient (Wildman–Crippen LogP) is 2.30. The van der Waals surface area contributed by atoms with Crippen LogP contribution in [0, 0.1) is 5.92 Å². The van der Waals surface area contributed by atoms with Crippen LogP contribution >= 0.6 is 0 Å². The minimum absolute atomic E-state index is 0.0794. The van der Waals surface area contributed by atoms with Gasteiger partial charge in [0.05, 0.1) is 19.1 Å². The number of rotatable bonds is 4. The lowest BCUT2D eigenvalue weighted by Crippen LogP contribution is -2.52. The second kappa shape index (κ2) is 7.34. The van der Waals surface area contributed by atoms with Gasteiger partial charge >= 0.3 is 0 Å². The third-order valence-corrected chi connectivity index (χ3v) is 5.93. The lowest BCUT2D eigenvalue weighted by molar-refractivity contribution is -0.139. The second-order valence-electron chi connectivity index (χ2n) is 7.51. The summed E-state index contributed by atoms with van der Waals surface area (Å²) in [5.41, 5.74) is 1.26. The van der Waals surface area contributed by atoms with Crippen LogP contribution in [0.3, 0.4) is 0 Å². The van der Waals surface area contributed by atoms with Gasteiger partial charge in [-0.05, 0) is 43.4 Å². The maximum atomic E-state index is 12.9. The van der Waals surface area contributed by atoms with E-state index >= 15 is 0 Å². The Bertz CT molecular complexity index is 597. The summed E-state index contributed by atoms with van der Waals surface area (Å²) < 4.78 is 11.2. The van der Waals surface area contributed by atoms with E-state index < -0.39 is 0 Å². The molecule has 3 heterocycles. The van der Waals surface area contributed by atoms with Crippen molar-refractivity contribution in [2.45, 2.75) is 44.4 Å². The summed E-state index contributed by atoms with van der Waals surface area (Å²) in [5.74, 6) is 1.30. The van der Waals surface area contributed by atoms with E-state index in [1.807, 2.05) is 12.1 Å². The van der Waals surface area contributed by atoms with Crippen molar-refractivity contribution < 1.29 is 14.3 Å². The Morgan fingerprint density at radius 1 is 1.24 bits per heavy atom. The van der Waals surface area contributed by atoms with Crippen LogP contribution in [0.15, 0.2) is 24.3 Å². The molecule has 1 aromatic rings. The quantitative estimate of drug-likeness (QED) is 0.840. The highest BCUT2D eigenvalue weighted by molar-refractivity contribution is 5.79. The zero-order valence-corrected chi connectivity index (χ0v) is 15.0. The van der Waals surface area contributed by atoms with Crippen molar-refractivity contribution in [2.24, 2.45) is 5.92 Å². The maximum absolute atomic E-state index is 12.9. The zero-order chi connectivity index (χ0) is 17.2. The summed E-state index contributed by atoms with van der Waals surface area (Å²) in [6.07, 6.45) is 4.47. The summed E-state index contributed by atoms with van der Waals surface area (Å²) in [7, 11) is 1.69. The number of hydrogen-bond donors (Lipinski definition) is 0. The lowest BCUT2D eigenvalue weighted by Gasteiger charge is -2.41. The van der Waals surface area contributed by atoms with Crippen molar-refractivity contribution in [1.29, 1.82) is 0 Å². The number of amides is 1. The first-order valence-electron chi connectivity index (χ1n) is 9.52. The predicted molar refractivity (Wildman–Crippen MR) is 95.5 cm³/mol. The smallest absolute Gasteiger partial charge is 0.227 e. The van der Waals surface area contributed by atoms with Crippen LogP contribution in [0.1, 0.15) is 31.2 Å². The van der Waals surface area contributed by atoms with Gasteiger partial charge in [0.2, 0.25) is 5.91 Å². The van der Waals surface area contributed by atoms with Crippen molar-refractivity contribution in [3.05, 3.63) is 29.8 Å². The molecule has 3 aliphatic heterocycles. The molecule has 0 saturated carbocycles. The summed E-state index contributed by atoms with van der Waals surface area (Å²) in [4.78, 5) is 17.4. The fourth-order valence-corrected chi connectivity index (χ4v) is 4.58. The molecule has 0 aliphatic carbocycles. The van der Waals surface area contributed by atoms with Gasteiger partial charge in [-0.15, -0.1) is 0 Å². The highest BCUT2D eigenvalue weighted by Gasteiger charge is 2.43. The molecule has 4 rings (SSSR count). The van der Waals surface area contributed by atoms with E-state index in [9.17, 15) is 4.79 Å². The van der Waals surface area contributed by atoms with E-state index in [1.54, 1.807) is 7.11 Å². The topological polar surface area (TPSA) is 42.0 Å². The molecular formula is C20H28N2O3. The summed E-state index contributed by atoms with van der Waals surface area (Å²) >= 11 is 0. The first-order valence-corrected chi connectivity index (χ1v) is 9.52. The number of methoxy groups -OCH3 is 1. The molecule has 3 fully saturated rings. The Morgan fingerprint density at radius 3 is 2.72 bits per heavy atom. The third-order valence-electron chi connectivity index (χ3n) is 5.93. The molecule has 0 unspecified atom stereocenters. The van der Waals surface area contributed by atoms with Gasteiger partial charge < -0.3 is 14.4 Å². The summed E-state index contributed by atoms with van der Waals surface area (Å²) in [5, 5.41) is 0. The van der Waals surface area contributed by atoms with Crippen molar-refractivity contribution >= 4 is 5.91 Å². The van der Waals surface area contributed by atoms with Gasteiger partial charge in [0.1, 0.15) is 5.75 Å². The minimum Gasteiger partial charge on any atom is -0.497 e. The first-order chi connectivity index (χ1) is 12.2. The Labute approximate surface area is 149 Å². The molecule has 5 nitrogen and oxygen atoms in total. The number of carbonyl (C=O) groups excluding carboxylic acids is 1. The fourth-order valence-electron chi connectivity index (χ4n) is 4.58. The van der Waals surface area contributed by atoms with Crippen molar-refractivity contribution in [1.82, 2.24) is 9.80 Å². The standard InChI is InChI=1S/C20H28N2O3/c1-24-17-6-4-15(5-7-17)13-22-14-16(12-19-18(22)8-11-25-19)20(23)21-9-2-3-10-21/h4-7,16,18-19H,2-3,8-14H2,1H3/t16-,18+,19+/m1/s1. The van der Waals surface area contributed by atoms with E-state index in [-0.39, 0.29) is 12.0 Å². The number of likely N-dealkylation sites (tertiary alicyclic amines) is 2. The van der Waals surface area contributed by atoms with Crippen LogP contribution in [0.25, 0.3) is 0 Å². The van der Waals surface area contributed by atoms with Gasteiger partial charge in [-0.3, -0.25) is 9.69 Å². The normalized spacial score (nSPS) is 29.6. The van der Waals surface area contributed by atoms with Crippen LogP contribution < -0.4 is 4.74 Å². The Kier molecular flexibility index (Phi) is 4.95. The van der Waals surface area contributed by atoms with Crippen molar-refractivity contribution in [3.8, 4) is 5.75 Å². The molecule has 3 aliphatic rings. The Morgan fingerprint density at radius 2 is 2.00 bits per heavy atom. The van der Waals surface area contributed by atoms with Gasteiger partial charge in [-0.1, -0.05) is 12.1 Å². The van der Waals surface area contributed by atoms with Gasteiger partial charge in [-0.2, -0.15) is 0 Å². The second-order valence-corrected chi connectivity index (χ2v) is 7.51. The molecule has 1 amide bonds. The van der Waals surface area contributed by atoms with Crippen molar-refractivity contribution in [2.75, 3.05) is 33.4 Å². The van der Waals surface area contributed by atoms with E-state index in [4.69, 9.17) is 9.47 Å². The molecule has 5 heteroatoms. The van der Waals surface area contributed by atoms with Crippen LogP contribution in [-0.4, -0.2) is 61.2 Å². The summed E-state index contributed by atoms with van der Waals surface area (Å²) in [6.45, 7) is 4.41. The van der Waals surface area contributed by atoms with Crippen LogP contribution in [0.4, 0.5) is 0 Å². The number of nitrogens with zero attached hydrogens (tertiary/aromatic N) is 2. The Balaban J connectivity index is 1.47. The third kappa shape index (κ3) is 3.53. The first kappa shape index (κ1) is 16.9. The van der Waals surface area contributed by atoms with Gasteiger partial charge in [0, 0.05) is 38.8 Å². The molecule has 0 N–H and O–H groups in total. The van der Waals surface area contributed by atoms with E-state index in [0.717, 1.165) is 64.2 Å². The molecule has 1 aromatic carbocycles. The average molecular weight is 344 g/mol. The summed E-state index contributed by atoms with van der Waals surface area (Å²) in [6, 6.07) is 8.71. The van der Waals surface area contributed by atoms with E-state index in [1.165, 1.54) is 5.56 Å². The molecule has 0 radical (unpaired) electrons. The van der Waals surface area contributed by atoms with Crippen LogP contribution in [0.2, 0.25) is 0 Å². The van der Waals surface area contributed by atoms with Gasteiger partial charge in [0.15, 0.2) is 0 Å². The zero-order valence-electron chi connectivity index (χ0n) is 15.0. The van der Waals surface area contributed by atoms with Crippen molar-refractivity contribution in [3.63, 3.8) is 0 Å². The monoisotopic (exact) mass is 344 g/mol. The number of carbonyl (C=O) groups is 1. The molecule has 0 bridgehead atoms. The van der Waals surface area contributed by atoms with E-state index in [0.29, 0.717) is 11.9 Å². The Hall–Kier alpha value is -1.59. The molecule has 0 spiro atoms. The molecular weight excluding hydrogens is 316 g/mol.